The van der Waals surface area contributed by atoms with Crippen molar-refractivity contribution in [2.75, 3.05) is 18.9 Å². The maximum absolute atomic E-state index is 12.2. The Morgan fingerprint density at radius 1 is 1.28 bits per heavy atom. The minimum atomic E-state index is -0.599. The lowest BCUT2D eigenvalue weighted by molar-refractivity contribution is -0.120. The molecule has 0 radical (unpaired) electrons. The molecule has 0 bridgehead atoms. The molecule has 0 aliphatic carbocycles. The van der Waals surface area contributed by atoms with Gasteiger partial charge in [0.1, 0.15) is 5.70 Å². The van der Waals surface area contributed by atoms with Crippen LogP contribution in [0.1, 0.15) is 25.3 Å². The molecule has 0 saturated carbocycles. The van der Waals surface area contributed by atoms with Crippen LogP contribution < -0.4 is 21.7 Å². The highest BCUT2D eigenvalue weighted by molar-refractivity contribution is 5.96. The number of unbranched alkanes of at least 4 members (excludes halogenated alkanes) is 1. The van der Waals surface area contributed by atoms with Crippen molar-refractivity contribution in [3.8, 4) is 0 Å². The van der Waals surface area contributed by atoms with Gasteiger partial charge in [0.15, 0.2) is 12.1 Å². The fraction of sp³-hybridized carbons (Fsp3) is 0.444. The molecule has 2 aliphatic heterocycles. The van der Waals surface area contributed by atoms with Crippen molar-refractivity contribution in [2.45, 2.75) is 38.5 Å². The molecule has 7 nitrogen and oxygen atoms in total. The van der Waals surface area contributed by atoms with Gasteiger partial charge in [-0.25, -0.2) is 4.99 Å². The van der Waals surface area contributed by atoms with E-state index in [1.165, 1.54) is 18.4 Å². The number of nitrogens with zero attached hydrogens (tertiary/aromatic N) is 2. The number of aryl methyl sites for hydroxylation is 1. The Labute approximate surface area is 148 Å². The first-order valence-electron chi connectivity index (χ1n) is 8.75. The summed E-state index contributed by atoms with van der Waals surface area (Å²) in [7, 11) is 1.89. The molecule has 25 heavy (non-hydrogen) atoms. The predicted octanol–water partition coefficient (Wildman–Crippen LogP) is 0.957. The van der Waals surface area contributed by atoms with Crippen LogP contribution in [0, 0.1) is 0 Å². The second-order valence-corrected chi connectivity index (χ2v) is 6.43. The quantitative estimate of drug-likeness (QED) is 0.618. The maximum Gasteiger partial charge on any atom is 0.274 e. The van der Waals surface area contributed by atoms with Gasteiger partial charge in [0.25, 0.3) is 5.91 Å². The van der Waals surface area contributed by atoms with E-state index >= 15 is 0 Å². The van der Waals surface area contributed by atoms with Crippen molar-refractivity contribution in [2.24, 2.45) is 10.7 Å². The Morgan fingerprint density at radius 3 is 2.76 bits per heavy atom. The number of benzene rings is 1. The highest BCUT2D eigenvalue weighted by Crippen LogP contribution is 2.19. The normalized spacial score (nSPS) is 22.4. The molecule has 3 rings (SSSR count). The number of hydrogen-bond donors (Lipinski definition) is 4. The van der Waals surface area contributed by atoms with Crippen molar-refractivity contribution < 1.29 is 4.79 Å². The van der Waals surface area contributed by atoms with Gasteiger partial charge in [-0.15, -0.1) is 0 Å². The number of carbonyl (C=O) groups is 1. The summed E-state index contributed by atoms with van der Waals surface area (Å²) in [5, 5.41) is 9.04. The zero-order valence-electron chi connectivity index (χ0n) is 14.7. The standard InChI is InChI=1S/C18H26N6O/c1-3-4-5-12-6-8-13(9-7-12)20-10-14-11-21-16-15(24(14)2)17(25)23-18(19)22-16/h6-9,11,14,18,20,22H,3-5,10,19H2,1-2H3,(H,23,25). The van der Waals surface area contributed by atoms with Crippen LogP contribution in [0.4, 0.5) is 5.69 Å². The zero-order chi connectivity index (χ0) is 17.8. The molecule has 0 fully saturated rings. The van der Waals surface area contributed by atoms with Gasteiger partial charge in [-0.3, -0.25) is 10.5 Å². The second kappa shape index (κ2) is 7.57. The van der Waals surface area contributed by atoms with Gasteiger partial charge in [0.05, 0.1) is 6.04 Å². The maximum atomic E-state index is 12.2. The summed E-state index contributed by atoms with van der Waals surface area (Å²) < 4.78 is 0. The molecule has 1 aromatic rings. The zero-order valence-corrected chi connectivity index (χ0v) is 14.7. The van der Waals surface area contributed by atoms with Gasteiger partial charge in [0, 0.05) is 25.5 Å². The number of carbonyl (C=O) groups excluding carboxylic acids is 1. The molecule has 7 heteroatoms. The fourth-order valence-corrected chi connectivity index (χ4v) is 3.00. The number of nitrogens with two attached hydrogens (primary N) is 1. The van der Waals surface area contributed by atoms with Gasteiger partial charge in [-0.1, -0.05) is 25.5 Å². The Kier molecular flexibility index (Phi) is 5.23. The third-order valence-electron chi connectivity index (χ3n) is 4.53. The van der Waals surface area contributed by atoms with Crippen LogP contribution in [0.25, 0.3) is 0 Å². The van der Waals surface area contributed by atoms with Gasteiger partial charge >= 0.3 is 0 Å². The molecule has 134 valence electrons. The van der Waals surface area contributed by atoms with Crippen molar-refractivity contribution in [3.05, 3.63) is 41.3 Å². The van der Waals surface area contributed by atoms with Crippen molar-refractivity contribution >= 4 is 17.8 Å². The average Bonchev–Trinajstić information content (AvgIpc) is 2.59. The number of nitrogens with one attached hydrogen (secondary N) is 3. The number of anilines is 1. The van der Waals surface area contributed by atoms with E-state index in [0.717, 1.165) is 12.1 Å². The minimum Gasteiger partial charge on any atom is -0.383 e. The summed E-state index contributed by atoms with van der Waals surface area (Å²) in [6.45, 7) is 2.86. The Balaban J connectivity index is 1.59. The van der Waals surface area contributed by atoms with E-state index in [1.54, 1.807) is 0 Å². The van der Waals surface area contributed by atoms with E-state index in [-0.39, 0.29) is 11.9 Å². The summed E-state index contributed by atoms with van der Waals surface area (Å²) in [4.78, 5) is 18.4. The number of rotatable bonds is 6. The fourth-order valence-electron chi connectivity index (χ4n) is 3.00. The summed E-state index contributed by atoms with van der Waals surface area (Å²) in [6, 6.07) is 8.52. The highest BCUT2D eigenvalue weighted by atomic mass is 16.2. The third kappa shape index (κ3) is 3.93. The van der Waals surface area contributed by atoms with Crippen LogP contribution in [0.15, 0.2) is 40.8 Å². The average molecular weight is 342 g/mol. The number of aliphatic imine (C=N–C) groups is 1. The van der Waals surface area contributed by atoms with E-state index in [1.807, 2.05) is 18.2 Å². The van der Waals surface area contributed by atoms with Crippen LogP contribution in [0.2, 0.25) is 0 Å². The van der Waals surface area contributed by atoms with Crippen LogP contribution in [-0.4, -0.2) is 42.9 Å². The summed E-state index contributed by atoms with van der Waals surface area (Å²) in [5.74, 6) is 0.321. The predicted molar refractivity (Wildman–Crippen MR) is 99.9 cm³/mol. The molecule has 2 unspecified atom stereocenters. The third-order valence-corrected chi connectivity index (χ3v) is 4.53. The first-order valence-corrected chi connectivity index (χ1v) is 8.75. The smallest absolute Gasteiger partial charge is 0.274 e. The Morgan fingerprint density at radius 2 is 2.04 bits per heavy atom. The molecule has 2 heterocycles. The monoisotopic (exact) mass is 342 g/mol. The van der Waals surface area contributed by atoms with Gasteiger partial charge < -0.3 is 20.9 Å². The van der Waals surface area contributed by atoms with Crippen LogP contribution in [0.5, 0.6) is 0 Å². The lowest BCUT2D eigenvalue weighted by Gasteiger charge is -2.36. The first-order chi connectivity index (χ1) is 12.1. The van der Waals surface area contributed by atoms with E-state index in [4.69, 9.17) is 5.73 Å². The second-order valence-electron chi connectivity index (χ2n) is 6.43. The lowest BCUT2D eigenvalue weighted by Crippen LogP contribution is -2.59. The largest absolute Gasteiger partial charge is 0.383 e. The molecule has 0 spiro atoms. The van der Waals surface area contributed by atoms with Gasteiger partial charge in [-0.05, 0) is 30.5 Å². The molecule has 0 aromatic heterocycles. The van der Waals surface area contributed by atoms with E-state index in [2.05, 4.69) is 52.1 Å². The lowest BCUT2D eigenvalue weighted by atomic mass is 10.1. The molecule has 1 aromatic carbocycles. The number of amides is 1. The number of likely N-dealkylation sites (N-methyl/N-ethyl adjacent to an activating group) is 1. The first kappa shape index (κ1) is 17.3. The highest BCUT2D eigenvalue weighted by Gasteiger charge is 2.32. The molecular weight excluding hydrogens is 316 g/mol. The van der Waals surface area contributed by atoms with Crippen molar-refractivity contribution in [3.63, 3.8) is 0 Å². The van der Waals surface area contributed by atoms with Crippen molar-refractivity contribution in [1.29, 1.82) is 0 Å². The Bertz CT molecular complexity index is 681. The van der Waals surface area contributed by atoms with Gasteiger partial charge in [0.2, 0.25) is 0 Å². The Hall–Kier alpha value is -2.54. The van der Waals surface area contributed by atoms with Crippen LogP contribution >= 0.6 is 0 Å². The topological polar surface area (TPSA) is 94.8 Å². The van der Waals surface area contributed by atoms with Crippen LogP contribution in [0.3, 0.4) is 0 Å². The van der Waals surface area contributed by atoms with E-state index < -0.39 is 6.29 Å². The molecular formula is C18H26N6O. The molecule has 5 N–H and O–H groups in total. The molecule has 2 atom stereocenters. The minimum absolute atomic E-state index is 0.0135. The van der Waals surface area contributed by atoms with E-state index in [9.17, 15) is 4.79 Å². The van der Waals surface area contributed by atoms with E-state index in [0.29, 0.717) is 18.1 Å². The van der Waals surface area contributed by atoms with Gasteiger partial charge in [-0.2, -0.15) is 0 Å². The number of hydrogen-bond acceptors (Lipinski definition) is 6. The summed E-state index contributed by atoms with van der Waals surface area (Å²) in [5.41, 5.74) is 8.65. The molecule has 1 amide bonds. The SMILES string of the molecule is CCCCc1ccc(NCC2C=NC3=C(C(=O)NC(N)N3)N2C)cc1. The molecule has 2 aliphatic rings. The summed E-state index contributed by atoms with van der Waals surface area (Å²) >= 11 is 0. The molecule has 0 saturated heterocycles. The van der Waals surface area contributed by atoms with Crippen LogP contribution in [-0.2, 0) is 11.2 Å². The van der Waals surface area contributed by atoms with Crippen molar-refractivity contribution in [1.82, 2.24) is 15.5 Å². The summed E-state index contributed by atoms with van der Waals surface area (Å²) in [6.07, 6.45) is 4.78.